The Morgan fingerprint density at radius 1 is 1.15 bits per heavy atom. The lowest BCUT2D eigenvalue weighted by molar-refractivity contribution is -0.149. The monoisotopic (exact) mass is 368 g/mol. The van der Waals surface area contributed by atoms with Crippen LogP contribution in [0.5, 0.6) is 0 Å². The molecule has 1 amide bonds. The van der Waals surface area contributed by atoms with Crippen molar-refractivity contribution in [2.75, 3.05) is 20.8 Å². The lowest BCUT2D eigenvalue weighted by Gasteiger charge is -2.27. The number of likely N-dealkylation sites (tertiary alicyclic amines) is 1. The Hall–Kier alpha value is -3.03. The van der Waals surface area contributed by atoms with E-state index in [-0.39, 0.29) is 17.9 Å². The first kappa shape index (κ1) is 18.8. The second kappa shape index (κ2) is 8.11. The van der Waals surface area contributed by atoms with E-state index in [4.69, 9.17) is 9.47 Å². The number of ketones is 1. The maximum absolute atomic E-state index is 12.8. The van der Waals surface area contributed by atoms with Crippen molar-refractivity contribution in [2.24, 2.45) is 0 Å². The smallest absolute Gasteiger partial charge is 0.295 e. The van der Waals surface area contributed by atoms with E-state index in [1.807, 2.05) is 0 Å². The van der Waals surface area contributed by atoms with E-state index in [0.717, 1.165) is 0 Å². The van der Waals surface area contributed by atoms with Gasteiger partial charge in [0, 0.05) is 32.2 Å². The van der Waals surface area contributed by atoms with Crippen molar-refractivity contribution in [3.8, 4) is 0 Å². The minimum atomic E-state index is -0.785. The highest BCUT2D eigenvalue weighted by Gasteiger charge is 2.46. The summed E-state index contributed by atoms with van der Waals surface area (Å²) in [4.78, 5) is 30.9. The molecule has 0 bridgehead atoms. The standard InChI is InChI=1S/C20H20N2O5/c1-26-15(27-2)12-22-17(14-9-6-10-21-11-14)16(19(24)20(22)25)18(23)13-7-4-3-5-8-13/h3-11,15,17,23H,12H2,1-2H3/t17-/m1/s1. The van der Waals surface area contributed by atoms with Crippen molar-refractivity contribution in [1.82, 2.24) is 9.88 Å². The number of pyridine rings is 1. The van der Waals surface area contributed by atoms with Crippen LogP contribution in [0.15, 0.2) is 60.4 Å². The Balaban J connectivity index is 2.14. The number of carbonyl (C=O) groups is 2. The molecule has 1 aromatic carbocycles. The number of ether oxygens (including phenoxy) is 2. The Morgan fingerprint density at radius 3 is 2.44 bits per heavy atom. The number of benzene rings is 1. The number of rotatable bonds is 6. The summed E-state index contributed by atoms with van der Waals surface area (Å²) in [6.07, 6.45) is 2.45. The van der Waals surface area contributed by atoms with Gasteiger partial charge in [0.1, 0.15) is 5.76 Å². The van der Waals surface area contributed by atoms with Crippen LogP contribution in [0.25, 0.3) is 5.76 Å². The number of aliphatic hydroxyl groups is 1. The molecule has 7 heteroatoms. The first-order valence-corrected chi connectivity index (χ1v) is 8.37. The van der Waals surface area contributed by atoms with E-state index in [1.165, 1.54) is 19.1 Å². The Bertz CT molecular complexity index is 847. The predicted octanol–water partition coefficient (Wildman–Crippen LogP) is 2.12. The Kier molecular flexibility index (Phi) is 5.63. The molecule has 140 valence electrons. The van der Waals surface area contributed by atoms with E-state index >= 15 is 0 Å². The van der Waals surface area contributed by atoms with E-state index in [0.29, 0.717) is 11.1 Å². The van der Waals surface area contributed by atoms with Crippen molar-refractivity contribution in [3.05, 3.63) is 71.6 Å². The molecule has 1 aliphatic rings. The number of aliphatic hydroxyl groups excluding tert-OH is 1. The first-order valence-electron chi connectivity index (χ1n) is 8.37. The molecule has 27 heavy (non-hydrogen) atoms. The summed E-state index contributed by atoms with van der Waals surface area (Å²) in [5.41, 5.74) is 1.09. The highest BCUT2D eigenvalue weighted by atomic mass is 16.7. The second-order valence-electron chi connectivity index (χ2n) is 6.00. The zero-order valence-electron chi connectivity index (χ0n) is 15.0. The number of nitrogens with zero attached hydrogens (tertiary/aromatic N) is 2. The molecule has 2 aromatic rings. The molecule has 1 atom stereocenters. The molecule has 7 nitrogen and oxygen atoms in total. The van der Waals surface area contributed by atoms with Gasteiger partial charge in [0.2, 0.25) is 0 Å². The van der Waals surface area contributed by atoms with Gasteiger partial charge in [-0.3, -0.25) is 14.6 Å². The number of methoxy groups -OCH3 is 2. The van der Waals surface area contributed by atoms with Crippen LogP contribution < -0.4 is 0 Å². The maximum atomic E-state index is 12.8. The highest BCUT2D eigenvalue weighted by Crippen LogP contribution is 2.39. The van der Waals surface area contributed by atoms with Crippen molar-refractivity contribution in [1.29, 1.82) is 0 Å². The summed E-state index contributed by atoms with van der Waals surface area (Å²) in [6.45, 7) is 0.0305. The van der Waals surface area contributed by atoms with Crippen LogP contribution in [-0.2, 0) is 19.1 Å². The zero-order valence-corrected chi connectivity index (χ0v) is 15.0. The number of Topliss-reactive ketones (excluding diaryl/α,β-unsaturated/α-hetero) is 1. The summed E-state index contributed by atoms with van der Waals surface area (Å²) < 4.78 is 10.4. The van der Waals surface area contributed by atoms with Crippen LogP contribution in [0.4, 0.5) is 0 Å². The van der Waals surface area contributed by atoms with E-state index < -0.39 is 24.0 Å². The minimum Gasteiger partial charge on any atom is -0.507 e. The van der Waals surface area contributed by atoms with Gasteiger partial charge in [-0.05, 0) is 11.6 Å². The lowest BCUT2D eigenvalue weighted by atomic mass is 9.96. The molecule has 0 aliphatic carbocycles. The maximum Gasteiger partial charge on any atom is 0.295 e. The summed E-state index contributed by atoms with van der Waals surface area (Å²) in [5.74, 6) is -1.70. The average molecular weight is 368 g/mol. The van der Waals surface area contributed by atoms with E-state index in [2.05, 4.69) is 4.98 Å². The van der Waals surface area contributed by atoms with Crippen LogP contribution >= 0.6 is 0 Å². The van der Waals surface area contributed by atoms with Gasteiger partial charge < -0.3 is 19.5 Å². The molecular weight excluding hydrogens is 348 g/mol. The molecule has 3 rings (SSSR count). The molecule has 0 radical (unpaired) electrons. The molecule has 1 saturated heterocycles. The number of amides is 1. The van der Waals surface area contributed by atoms with Crippen LogP contribution in [-0.4, -0.2) is 53.7 Å². The van der Waals surface area contributed by atoms with Gasteiger partial charge in [0.05, 0.1) is 18.2 Å². The largest absolute Gasteiger partial charge is 0.507 e. The topological polar surface area (TPSA) is 89.0 Å². The third kappa shape index (κ3) is 3.60. The summed E-state index contributed by atoms with van der Waals surface area (Å²) in [7, 11) is 2.90. The summed E-state index contributed by atoms with van der Waals surface area (Å²) >= 11 is 0. The van der Waals surface area contributed by atoms with Crippen LogP contribution in [0.1, 0.15) is 17.2 Å². The molecular formula is C20H20N2O5. The Labute approximate surface area is 156 Å². The average Bonchev–Trinajstić information content (AvgIpc) is 2.97. The number of aromatic nitrogens is 1. The molecule has 1 N–H and O–H groups in total. The summed E-state index contributed by atoms with van der Waals surface area (Å²) in [5, 5.41) is 10.8. The van der Waals surface area contributed by atoms with Gasteiger partial charge in [-0.15, -0.1) is 0 Å². The van der Waals surface area contributed by atoms with Crippen LogP contribution in [0, 0.1) is 0 Å². The fourth-order valence-electron chi connectivity index (χ4n) is 3.11. The summed E-state index contributed by atoms with van der Waals surface area (Å²) in [6, 6.07) is 11.3. The highest BCUT2D eigenvalue weighted by molar-refractivity contribution is 6.46. The third-order valence-corrected chi connectivity index (χ3v) is 4.46. The zero-order chi connectivity index (χ0) is 19.4. The van der Waals surface area contributed by atoms with Crippen molar-refractivity contribution in [2.45, 2.75) is 12.3 Å². The van der Waals surface area contributed by atoms with E-state index in [1.54, 1.807) is 54.9 Å². The quantitative estimate of drug-likeness (QED) is 0.364. The number of hydrogen-bond acceptors (Lipinski definition) is 6. The van der Waals surface area contributed by atoms with Crippen molar-refractivity contribution < 1.29 is 24.2 Å². The van der Waals surface area contributed by atoms with Gasteiger partial charge in [0.15, 0.2) is 6.29 Å². The molecule has 1 fully saturated rings. The fourth-order valence-corrected chi connectivity index (χ4v) is 3.11. The Morgan fingerprint density at radius 2 is 1.85 bits per heavy atom. The molecule has 2 heterocycles. The minimum absolute atomic E-state index is 0.0187. The van der Waals surface area contributed by atoms with Gasteiger partial charge >= 0.3 is 0 Å². The normalized spacial score (nSPS) is 19.1. The van der Waals surface area contributed by atoms with Gasteiger partial charge in [-0.1, -0.05) is 36.4 Å². The van der Waals surface area contributed by atoms with Crippen LogP contribution in [0.3, 0.4) is 0 Å². The van der Waals surface area contributed by atoms with Crippen molar-refractivity contribution in [3.63, 3.8) is 0 Å². The van der Waals surface area contributed by atoms with Gasteiger partial charge in [-0.2, -0.15) is 0 Å². The SMILES string of the molecule is COC(CN1C(=O)C(=O)C(=C(O)c2ccccc2)[C@H]1c1cccnc1)OC. The third-order valence-electron chi connectivity index (χ3n) is 4.46. The fraction of sp³-hybridized carbons (Fsp3) is 0.250. The number of carbonyl (C=O) groups excluding carboxylic acids is 2. The molecule has 1 aromatic heterocycles. The van der Waals surface area contributed by atoms with Crippen LogP contribution in [0.2, 0.25) is 0 Å². The molecule has 0 unspecified atom stereocenters. The molecule has 1 aliphatic heterocycles. The van der Waals surface area contributed by atoms with Gasteiger partial charge in [0.25, 0.3) is 11.7 Å². The molecule has 0 saturated carbocycles. The van der Waals surface area contributed by atoms with Crippen molar-refractivity contribution >= 4 is 17.4 Å². The lowest BCUT2D eigenvalue weighted by Crippen LogP contribution is -2.38. The van der Waals surface area contributed by atoms with E-state index in [9.17, 15) is 14.7 Å². The van der Waals surface area contributed by atoms with Gasteiger partial charge in [-0.25, -0.2) is 0 Å². The second-order valence-corrected chi connectivity index (χ2v) is 6.00. The number of hydrogen-bond donors (Lipinski definition) is 1. The molecule has 0 spiro atoms. The predicted molar refractivity (Wildman–Crippen MR) is 97.5 cm³/mol. The first-order chi connectivity index (χ1) is 13.1.